The molecule has 1 atom stereocenters. The molecule has 1 aliphatic heterocycles. The van der Waals surface area contributed by atoms with Gasteiger partial charge in [0.15, 0.2) is 6.10 Å². The minimum Gasteiger partial charge on any atom is -0.479 e. The van der Waals surface area contributed by atoms with Crippen LogP contribution in [0.15, 0.2) is 12.1 Å². The number of hydrogen-bond acceptors (Lipinski definition) is 3. The van der Waals surface area contributed by atoms with Gasteiger partial charge in [0.25, 0.3) is 5.91 Å². The van der Waals surface area contributed by atoms with Crippen LogP contribution >= 0.6 is 0 Å². The predicted octanol–water partition coefficient (Wildman–Crippen LogP) is 1.57. The molecular formula is C12H16N2O2. The highest BCUT2D eigenvalue weighted by molar-refractivity contribution is 6.02. The van der Waals surface area contributed by atoms with Gasteiger partial charge in [-0.15, -0.1) is 0 Å². The highest BCUT2D eigenvalue weighted by atomic mass is 16.5. The van der Waals surface area contributed by atoms with E-state index in [-0.39, 0.29) is 5.91 Å². The Morgan fingerprint density at radius 3 is 2.81 bits per heavy atom. The fraction of sp³-hybridized carbons (Fsp3) is 0.417. The number of carbonyl (C=O) groups is 1. The second kappa shape index (κ2) is 3.70. The topological polar surface area (TPSA) is 55.6 Å². The zero-order chi connectivity index (χ0) is 11.9. The molecule has 0 spiro atoms. The Kier molecular flexibility index (Phi) is 2.50. The Hall–Kier alpha value is -1.71. The van der Waals surface area contributed by atoms with E-state index in [0.29, 0.717) is 17.1 Å². The van der Waals surface area contributed by atoms with Crippen LogP contribution in [0.25, 0.3) is 0 Å². The molecule has 1 aromatic rings. The van der Waals surface area contributed by atoms with Crippen molar-refractivity contribution in [3.8, 4) is 5.75 Å². The number of fused-ring (bicyclic) bond motifs is 1. The lowest BCUT2D eigenvalue weighted by atomic mass is 10.1. The van der Waals surface area contributed by atoms with E-state index < -0.39 is 6.10 Å². The molecule has 0 aliphatic carbocycles. The van der Waals surface area contributed by atoms with E-state index in [1.165, 1.54) is 0 Å². The summed E-state index contributed by atoms with van der Waals surface area (Å²) >= 11 is 0. The quantitative estimate of drug-likeness (QED) is 0.731. The molecule has 1 heterocycles. The van der Waals surface area contributed by atoms with Gasteiger partial charge in [0.05, 0.1) is 5.69 Å². The number of rotatable bonds is 1. The summed E-state index contributed by atoms with van der Waals surface area (Å²) in [6.45, 7) is 3.80. The second-order valence-corrected chi connectivity index (χ2v) is 4.04. The molecule has 0 saturated carbocycles. The largest absolute Gasteiger partial charge is 0.479 e. The van der Waals surface area contributed by atoms with E-state index in [4.69, 9.17) is 10.5 Å². The smallest absolute Gasteiger partial charge is 0.267 e. The molecule has 0 aromatic heterocycles. The molecule has 2 rings (SSSR count). The van der Waals surface area contributed by atoms with E-state index in [0.717, 1.165) is 12.0 Å². The van der Waals surface area contributed by atoms with Crippen molar-refractivity contribution in [3.63, 3.8) is 0 Å². The lowest BCUT2D eigenvalue weighted by molar-refractivity contribution is -0.125. The maximum atomic E-state index is 11.7. The highest BCUT2D eigenvalue weighted by Crippen LogP contribution is 2.39. The number of anilines is 2. The van der Waals surface area contributed by atoms with Crippen molar-refractivity contribution in [3.05, 3.63) is 17.7 Å². The van der Waals surface area contributed by atoms with Crippen molar-refractivity contribution in [1.29, 1.82) is 0 Å². The summed E-state index contributed by atoms with van der Waals surface area (Å²) in [6.07, 6.45) is 0.455. The summed E-state index contributed by atoms with van der Waals surface area (Å²) in [5, 5.41) is 0. The second-order valence-electron chi connectivity index (χ2n) is 4.04. The van der Waals surface area contributed by atoms with Gasteiger partial charge in [-0.1, -0.05) is 6.92 Å². The van der Waals surface area contributed by atoms with Gasteiger partial charge < -0.3 is 15.4 Å². The van der Waals surface area contributed by atoms with Crippen molar-refractivity contribution in [2.45, 2.75) is 26.4 Å². The van der Waals surface area contributed by atoms with E-state index in [9.17, 15) is 4.79 Å². The molecule has 0 radical (unpaired) electrons. The van der Waals surface area contributed by atoms with Crippen molar-refractivity contribution in [2.75, 3.05) is 17.7 Å². The molecule has 1 aromatic carbocycles. The summed E-state index contributed by atoms with van der Waals surface area (Å²) in [4.78, 5) is 13.3. The minimum atomic E-state index is -0.441. The van der Waals surface area contributed by atoms with Gasteiger partial charge in [-0.05, 0) is 31.0 Å². The molecule has 0 bridgehead atoms. The molecule has 1 amide bonds. The van der Waals surface area contributed by atoms with E-state index >= 15 is 0 Å². The number of likely N-dealkylation sites (N-methyl/N-ethyl adjacent to an activating group) is 1. The fourth-order valence-electron chi connectivity index (χ4n) is 1.97. The first kappa shape index (κ1) is 10.8. The first-order valence-corrected chi connectivity index (χ1v) is 5.41. The maximum Gasteiger partial charge on any atom is 0.267 e. The van der Waals surface area contributed by atoms with Crippen molar-refractivity contribution >= 4 is 17.3 Å². The van der Waals surface area contributed by atoms with Crippen LogP contribution in [0.1, 0.15) is 19.4 Å². The summed E-state index contributed by atoms with van der Waals surface area (Å²) in [6, 6.07) is 3.84. The first-order chi connectivity index (χ1) is 7.54. The van der Waals surface area contributed by atoms with E-state index in [1.807, 2.05) is 12.1 Å². The predicted molar refractivity (Wildman–Crippen MR) is 63.7 cm³/mol. The average Bonchev–Trinajstić information content (AvgIpc) is 2.25. The van der Waals surface area contributed by atoms with Gasteiger partial charge in [-0.3, -0.25) is 4.79 Å². The fourth-order valence-corrected chi connectivity index (χ4v) is 1.97. The monoisotopic (exact) mass is 220 g/mol. The Labute approximate surface area is 95.0 Å². The molecule has 1 aliphatic rings. The Morgan fingerprint density at radius 1 is 1.50 bits per heavy atom. The number of amides is 1. The molecule has 4 nitrogen and oxygen atoms in total. The third-order valence-electron chi connectivity index (χ3n) is 2.89. The van der Waals surface area contributed by atoms with E-state index in [1.54, 1.807) is 18.9 Å². The third-order valence-corrected chi connectivity index (χ3v) is 2.89. The summed E-state index contributed by atoms with van der Waals surface area (Å²) in [5.74, 6) is 0.634. The lowest BCUT2D eigenvalue weighted by Crippen LogP contribution is -2.42. The van der Waals surface area contributed by atoms with Gasteiger partial charge in [0.2, 0.25) is 0 Å². The van der Waals surface area contributed by atoms with Crippen LogP contribution in [0.3, 0.4) is 0 Å². The number of nitrogens with two attached hydrogens (primary N) is 1. The summed E-state index contributed by atoms with van der Waals surface area (Å²) in [7, 11) is 1.72. The number of nitrogens with zero attached hydrogens (tertiary/aromatic N) is 1. The number of carbonyl (C=O) groups excluding carboxylic acids is 1. The van der Waals surface area contributed by atoms with Crippen LogP contribution in [0.4, 0.5) is 11.4 Å². The molecule has 86 valence electrons. The van der Waals surface area contributed by atoms with Crippen LogP contribution in [-0.4, -0.2) is 19.1 Å². The SMILES string of the molecule is CCc1cc(N)c2c(c1)OC(C)C(=O)N2C. The molecule has 2 N–H and O–H groups in total. The Bertz CT molecular complexity index is 443. The lowest BCUT2D eigenvalue weighted by Gasteiger charge is -2.31. The van der Waals surface area contributed by atoms with Gasteiger partial charge in [0.1, 0.15) is 11.4 Å². The zero-order valence-electron chi connectivity index (χ0n) is 9.78. The van der Waals surface area contributed by atoms with Gasteiger partial charge in [0, 0.05) is 7.05 Å². The normalized spacial score (nSPS) is 19.3. The molecular weight excluding hydrogens is 204 g/mol. The van der Waals surface area contributed by atoms with Crippen LogP contribution in [-0.2, 0) is 11.2 Å². The number of hydrogen-bond donors (Lipinski definition) is 1. The van der Waals surface area contributed by atoms with E-state index in [2.05, 4.69) is 6.92 Å². The number of nitrogen functional groups attached to an aromatic ring is 1. The molecule has 16 heavy (non-hydrogen) atoms. The van der Waals surface area contributed by atoms with Gasteiger partial charge in [-0.25, -0.2) is 0 Å². The first-order valence-electron chi connectivity index (χ1n) is 5.41. The molecule has 4 heteroatoms. The minimum absolute atomic E-state index is 0.0663. The number of benzene rings is 1. The van der Waals surface area contributed by atoms with Gasteiger partial charge >= 0.3 is 0 Å². The highest BCUT2D eigenvalue weighted by Gasteiger charge is 2.30. The Morgan fingerprint density at radius 2 is 2.19 bits per heavy atom. The molecule has 0 saturated heterocycles. The average molecular weight is 220 g/mol. The third kappa shape index (κ3) is 1.50. The van der Waals surface area contributed by atoms with Crippen molar-refractivity contribution in [2.24, 2.45) is 0 Å². The van der Waals surface area contributed by atoms with Crippen molar-refractivity contribution in [1.82, 2.24) is 0 Å². The maximum absolute atomic E-state index is 11.7. The van der Waals surface area contributed by atoms with Gasteiger partial charge in [-0.2, -0.15) is 0 Å². The zero-order valence-corrected chi connectivity index (χ0v) is 9.78. The van der Waals surface area contributed by atoms with Crippen LogP contribution in [0, 0.1) is 0 Å². The molecule has 0 fully saturated rings. The van der Waals surface area contributed by atoms with Crippen LogP contribution < -0.4 is 15.4 Å². The standard InChI is InChI=1S/C12H16N2O2/c1-4-8-5-9(13)11-10(6-8)16-7(2)12(15)14(11)3/h5-7H,4,13H2,1-3H3. The summed E-state index contributed by atoms with van der Waals surface area (Å²) < 4.78 is 5.57. The van der Waals surface area contributed by atoms with Crippen LogP contribution in [0.2, 0.25) is 0 Å². The summed E-state index contributed by atoms with van der Waals surface area (Å²) in [5.41, 5.74) is 8.33. The number of aryl methyl sites for hydroxylation is 1. The Balaban J connectivity index is 2.56. The van der Waals surface area contributed by atoms with Crippen molar-refractivity contribution < 1.29 is 9.53 Å². The number of ether oxygens (including phenoxy) is 1. The van der Waals surface area contributed by atoms with Crippen LogP contribution in [0.5, 0.6) is 5.75 Å². The molecule has 1 unspecified atom stereocenters.